The number of carbonyl (C=O) groups excluding carboxylic acids is 3. The maximum Gasteiger partial charge on any atom is 0.419 e. The zero-order chi connectivity index (χ0) is 26.5. The first-order valence-electron chi connectivity index (χ1n) is 11.5. The van der Waals surface area contributed by atoms with E-state index in [1.807, 2.05) is 42.5 Å². The van der Waals surface area contributed by atoms with E-state index in [1.165, 1.54) is 4.57 Å². The lowest BCUT2D eigenvalue weighted by Gasteiger charge is -2.20. The van der Waals surface area contributed by atoms with Crippen molar-refractivity contribution in [3.63, 3.8) is 0 Å². The van der Waals surface area contributed by atoms with Crippen LogP contribution in [0.5, 0.6) is 0 Å². The van der Waals surface area contributed by atoms with Crippen LogP contribution in [0.4, 0.5) is 10.5 Å². The molecular formula is C26H31N5O4S. The van der Waals surface area contributed by atoms with Crippen molar-refractivity contribution in [2.24, 2.45) is 5.73 Å². The molecule has 1 heterocycles. The summed E-state index contributed by atoms with van der Waals surface area (Å²) in [5.74, 6) is -1.15. The molecule has 3 rings (SSSR count). The Kier molecular flexibility index (Phi) is 8.31. The number of para-hydroxylation sites is 2. The molecule has 0 aliphatic rings. The zero-order valence-corrected chi connectivity index (χ0v) is 21.5. The van der Waals surface area contributed by atoms with Crippen molar-refractivity contribution in [2.45, 2.75) is 51.8 Å². The van der Waals surface area contributed by atoms with E-state index in [0.29, 0.717) is 11.1 Å². The summed E-state index contributed by atoms with van der Waals surface area (Å²) < 4.78 is 6.91. The summed E-state index contributed by atoms with van der Waals surface area (Å²) in [5, 5.41) is 9.60. The van der Waals surface area contributed by atoms with Crippen molar-refractivity contribution in [3.05, 3.63) is 66.4 Å². The molecule has 190 valence electrons. The summed E-state index contributed by atoms with van der Waals surface area (Å²) in [7, 11) is 0. The van der Waals surface area contributed by atoms with E-state index in [9.17, 15) is 14.4 Å². The summed E-state index contributed by atoms with van der Waals surface area (Å²) in [6.07, 6.45) is 1.17. The van der Waals surface area contributed by atoms with E-state index in [0.717, 1.165) is 11.1 Å². The van der Waals surface area contributed by atoms with Gasteiger partial charge in [0.05, 0.1) is 5.52 Å². The van der Waals surface area contributed by atoms with Crippen molar-refractivity contribution in [2.75, 3.05) is 5.32 Å². The fraction of sp³-hybridized carbons (Fsp3) is 0.308. The van der Waals surface area contributed by atoms with Gasteiger partial charge < -0.3 is 26.4 Å². The second-order valence-electron chi connectivity index (χ2n) is 9.38. The number of fused-ring (bicyclic) bond motifs is 1. The van der Waals surface area contributed by atoms with E-state index in [4.69, 9.17) is 22.7 Å². The number of hydrogen-bond donors (Lipinski definition) is 4. The summed E-state index contributed by atoms with van der Waals surface area (Å²) >= 11 is 5.28. The molecule has 0 aliphatic carbocycles. The number of anilines is 1. The second kappa shape index (κ2) is 11.2. The van der Waals surface area contributed by atoms with Crippen LogP contribution in [0.1, 0.15) is 33.3 Å². The SMILES string of the molecule is C[C@H](NC(=S)Nc1ccccc1)C(=O)N[C@@H](Cc1cn(C(=O)OC(C)(C)C)c2ccccc12)C(N)=O. The minimum absolute atomic E-state index is 0.0941. The van der Waals surface area contributed by atoms with Crippen molar-refractivity contribution in [3.8, 4) is 0 Å². The van der Waals surface area contributed by atoms with Gasteiger partial charge in [-0.15, -0.1) is 0 Å². The Morgan fingerprint density at radius 3 is 2.31 bits per heavy atom. The lowest BCUT2D eigenvalue weighted by Crippen LogP contribution is -2.53. The highest BCUT2D eigenvalue weighted by atomic mass is 32.1. The number of nitrogens with zero attached hydrogens (tertiary/aromatic N) is 1. The minimum atomic E-state index is -1.00. The topological polar surface area (TPSA) is 127 Å². The summed E-state index contributed by atoms with van der Waals surface area (Å²) in [4.78, 5) is 37.8. The first-order chi connectivity index (χ1) is 16.9. The predicted molar refractivity (Wildman–Crippen MR) is 144 cm³/mol. The third-order valence-corrected chi connectivity index (χ3v) is 5.46. The molecule has 0 unspecified atom stereocenters. The van der Waals surface area contributed by atoms with Crippen LogP contribution in [-0.4, -0.2) is 45.3 Å². The molecule has 2 atom stereocenters. The molecule has 2 aromatic carbocycles. The van der Waals surface area contributed by atoms with E-state index >= 15 is 0 Å². The standard InChI is InChI=1S/C26H31N5O4S/c1-16(28-24(36)29-18-10-6-5-7-11-18)23(33)30-20(22(27)32)14-17-15-31(25(34)35-26(2,3)4)21-13-9-8-12-19(17)21/h5-13,15-16,20H,14H2,1-4H3,(H2,27,32)(H,30,33)(H2,28,29,36)/t16-,20-/m0/s1. The fourth-order valence-electron chi connectivity index (χ4n) is 3.57. The van der Waals surface area contributed by atoms with Crippen molar-refractivity contribution >= 4 is 51.8 Å². The van der Waals surface area contributed by atoms with Gasteiger partial charge in [-0.2, -0.15) is 0 Å². The molecule has 0 saturated heterocycles. The van der Waals surface area contributed by atoms with Crippen LogP contribution in [-0.2, 0) is 20.7 Å². The Morgan fingerprint density at radius 1 is 1.03 bits per heavy atom. The summed E-state index contributed by atoms with van der Waals surface area (Å²) in [6.45, 7) is 6.98. The summed E-state index contributed by atoms with van der Waals surface area (Å²) in [6, 6.07) is 14.8. The molecule has 0 saturated carbocycles. The Bertz CT molecular complexity index is 1270. The number of nitrogens with one attached hydrogen (secondary N) is 3. The van der Waals surface area contributed by atoms with Gasteiger partial charge in [0.1, 0.15) is 17.7 Å². The van der Waals surface area contributed by atoms with Gasteiger partial charge in [-0.3, -0.25) is 14.2 Å². The van der Waals surface area contributed by atoms with Gasteiger partial charge >= 0.3 is 6.09 Å². The Hall–Kier alpha value is -3.92. The molecule has 0 aliphatic heterocycles. The molecule has 9 nitrogen and oxygen atoms in total. The maximum atomic E-state index is 12.8. The molecule has 1 aromatic heterocycles. The van der Waals surface area contributed by atoms with E-state index in [-0.39, 0.29) is 11.5 Å². The van der Waals surface area contributed by atoms with Crippen LogP contribution >= 0.6 is 12.2 Å². The number of carbonyl (C=O) groups is 3. The lowest BCUT2D eigenvalue weighted by atomic mass is 10.0. The fourth-order valence-corrected chi connectivity index (χ4v) is 3.86. The number of ether oxygens (including phenoxy) is 1. The lowest BCUT2D eigenvalue weighted by molar-refractivity contribution is -0.128. The number of thiocarbonyl (C=S) groups is 1. The molecule has 0 bridgehead atoms. The van der Waals surface area contributed by atoms with E-state index in [1.54, 1.807) is 46.0 Å². The average molecular weight is 510 g/mol. The summed E-state index contributed by atoms with van der Waals surface area (Å²) in [5.41, 5.74) is 7.02. The molecule has 3 aromatic rings. The molecule has 2 amide bonds. The van der Waals surface area contributed by atoms with Crippen molar-refractivity contribution < 1.29 is 19.1 Å². The van der Waals surface area contributed by atoms with Crippen LogP contribution in [0, 0.1) is 0 Å². The first-order valence-corrected chi connectivity index (χ1v) is 11.9. The largest absolute Gasteiger partial charge is 0.443 e. The van der Waals surface area contributed by atoms with Crippen LogP contribution in [0.2, 0.25) is 0 Å². The quantitative estimate of drug-likeness (QED) is 0.360. The van der Waals surface area contributed by atoms with Gasteiger partial charge in [0.15, 0.2) is 5.11 Å². The van der Waals surface area contributed by atoms with Crippen LogP contribution in [0.15, 0.2) is 60.8 Å². The van der Waals surface area contributed by atoms with E-state index < -0.39 is 35.6 Å². The smallest absolute Gasteiger partial charge is 0.419 e. The normalized spacial score (nSPS) is 12.9. The van der Waals surface area contributed by atoms with Crippen LogP contribution in [0.25, 0.3) is 10.9 Å². The number of nitrogens with two attached hydrogens (primary N) is 1. The van der Waals surface area contributed by atoms with E-state index in [2.05, 4.69) is 16.0 Å². The van der Waals surface area contributed by atoms with Gasteiger partial charge in [-0.25, -0.2) is 4.79 Å². The molecule has 10 heteroatoms. The highest BCUT2D eigenvalue weighted by Crippen LogP contribution is 2.24. The highest BCUT2D eigenvalue weighted by molar-refractivity contribution is 7.80. The van der Waals surface area contributed by atoms with Crippen molar-refractivity contribution in [1.29, 1.82) is 0 Å². The van der Waals surface area contributed by atoms with Crippen molar-refractivity contribution in [1.82, 2.24) is 15.2 Å². The number of aromatic nitrogens is 1. The number of rotatable bonds is 7. The Labute approximate surface area is 215 Å². The molecule has 0 fully saturated rings. The zero-order valence-electron chi connectivity index (χ0n) is 20.7. The number of amides is 2. The number of primary amides is 1. The minimum Gasteiger partial charge on any atom is -0.443 e. The first kappa shape index (κ1) is 26.7. The van der Waals surface area contributed by atoms with Gasteiger partial charge in [0, 0.05) is 23.7 Å². The van der Waals surface area contributed by atoms with Gasteiger partial charge in [0.2, 0.25) is 11.8 Å². The maximum absolute atomic E-state index is 12.8. The molecule has 0 radical (unpaired) electrons. The predicted octanol–water partition coefficient (Wildman–Crippen LogP) is 3.31. The molecule has 0 spiro atoms. The third kappa shape index (κ3) is 7.05. The second-order valence-corrected chi connectivity index (χ2v) is 9.78. The highest BCUT2D eigenvalue weighted by Gasteiger charge is 2.26. The monoisotopic (exact) mass is 509 g/mol. The number of hydrogen-bond acceptors (Lipinski definition) is 5. The molecule has 36 heavy (non-hydrogen) atoms. The Morgan fingerprint density at radius 2 is 1.67 bits per heavy atom. The number of benzene rings is 2. The third-order valence-electron chi connectivity index (χ3n) is 5.24. The van der Waals surface area contributed by atoms with Gasteiger partial charge in [0.25, 0.3) is 0 Å². The Balaban J connectivity index is 1.72. The van der Waals surface area contributed by atoms with Gasteiger partial charge in [-0.05, 0) is 63.7 Å². The van der Waals surface area contributed by atoms with Crippen LogP contribution < -0.4 is 21.7 Å². The van der Waals surface area contributed by atoms with Crippen LogP contribution in [0.3, 0.4) is 0 Å². The van der Waals surface area contributed by atoms with Gasteiger partial charge in [-0.1, -0.05) is 36.4 Å². The average Bonchev–Trinajstić information content (AvgIpc) is 3.16. The molecular weight excluding hydrogens is 478 g/mol. The molecule has 5 N–H and O–H groups in total.